The topological polar surface area (TPSA) is 143 Å². The van der Waals surface area contributed by atoms with Crippen LogP contribution in [0.15, 0.2) is 30.3 Å². The van der Waals surface area contributed by atoms with E-state index in [0.717, 1.165) is 5.69 Å². The highest BCUT2D eigenvalue weighted by Gasteiger charge is 2.33. The van der Waals surface area contributed by atoms with Crippen LogP contribution in [-0.4, -0.2) is 73.5 Å². The van der Waals surface area contributed by atoms with Crippen molar-refractivity contribution in [3.63, 3.8) is 0 Å². The minimum Gasteiger partial charge on any atom is -0.483 e. The van der Waals surface area contributed by atoms with Gasteiger partial charge in [0, 0.05) is 6.61 Å². The molecule has 1 fully saturated rings. The van der Waals surface area contributed by atoms with Crippen LogP contribution in [0.25, 0.3) is 5.69 Å². The van der Waals surface area contributed by atoms with Gasteiger partial charge in [0.2, 0.25) is 5.95 Å². The predicted molar refractivity (Wildman–Crippen MR) is 82.7 cm³/mol. The number of ether oxygens (including phenoxy) is 1. The molecule has 4 N–H and O–H groups in total. The number of benzene rings is 1. The van der Waals surface area contributed by atoms with E-state index in [0.29, 0.717) is 19.0 Å². The van der Waals surface area contributed by atoms with Gasteiger partial charge in [0.25, 0.3) is 6.47 Å². The van der Waals surface area contributed by atoms with Crippen LogP contribution >= 0.6 is 0 Å². The molecule has 1 saturated heterocycles. The van der Waals surface area contributed by atoms with E-state index in [9.17, 15) is 10.2 Å². The molecule has 3 rings (SSSR count). The van der Waals surface area contributed by atoms with Crippen molar-refractivity contribution in [1.82, 2.24) is 20.2 Å². The van der Waals surface area contributed by atoms with Gasteiger partial charge in [-0.3, -0.25) is 4.79 Å². The third-order valence-electron chi connectivity index (χ3n) is 3.52. The highest BCUT2D eigenvalue weighted by Crippen LogP contribution is 2.19. The summed E-state index contributed by atoms with van der Waals surface area (Å²) in [5.74, 6) is 0.448. The van der Waals surface area contributed by atoms with Gasteiger partial charge >= 0.3 is 0 Å². The lowest BCUT2D eigenvalue weighted by molar-refractivity contribution is -0.122. The quantitative estimate of drug-likeness (QED) is 0.532. The third-order valence-corrected chi connectivity index (χ3v) is 3.52. The monoisotopic (exact) mass is 337 g/mol. The Balaban J connectivity index is 0.000000647. The van der Waals surface area contributed by atoms with Crippen LogP contribution in [0.1, 0.15) is 6.42 Å². The number of para-hydroxylation sites is 1. The van der Waals surface area contributed by atoms with Crippen LogP contribution in [0, 0.1) is 0 Å². The molecule has 2 heterocycles. The molecule has 0 amide bonds. The lowest BCUT2D eigenvalue weighted by Gasteiger charge is -2.34. The molecule has 10 heteroatoms. The molecule has 1 aromatic carbocycles. The number of hydrogen-bond donors (Lipinski definition) is 4. The first-order valence-electron chi connectivity index (χ1n) is 7.30. The number of aliphatic hydroxyl groups is 2. The fraction of sp³-hybridized carbons (Fsp3) is 0.429. The van der Waals surface area contributed by atoms with Gasteiger partial charge < -0.3 is 25.4 Å². The zero-order valence-corrected chi connectivity index (χ0v) is 12.8. The Kier molecular flexibility index (Phi) is 6.61. The lowest BCUT2D eigenvalue weighted by atomic mass is 10.0. The van der Waals surface area contributed by atoms with Crippen molar-refractivity contribution >= 4 is 12.4 Å². The summed E-state index contributed by atoms with van der Waals surface area (Å²) < 4.78 is 6.87. The Labute approximate surface area is 137 Å². The summed E-state index contributed by atoms with van der Waals surface area (Å²) in [6, 6.07) is 9.20. The normalized spacial score (nSPS) is 23.0. The predicted octanol–water partition coefficient (Wildman–Crippen LogP) is -0.714. The van der Waals surface area contributed by atoms with Gasteiger partial charge in [0.15, 0.2) is 0 Å². The van der Waals surface area contributed by atoms with Gasteiger partial charge in [-0.05, 0) is 29.0 Å². The van der Waals surface area contributed by atoms with E-state index in [-0.39, 0.29) is 19.1 Å². The second-order valence-electron chi connectivity index (χ2n) is 4.98. The molecule has 0 spiro atoms. The average molecular weight is 337 g/mol. The molecule has 1 aliphatic heterocycles. The van der Waals surface area contributed by atoms with Crippen LogP contribution in [0.2, 0.25) is 0 Å². The van der Waals surface area contributed by atoms with Crippen LogP contribution in [-0.2, 0) is 9.53 Å². The number of carbonyl (C=O) groups is 1. The Morgan fingerprint density at radius 2 is 2.08 bits per heavy atom. The first-order chi connectivity index (χ1) is 11.7. The van der Waals surface area contributed by atoms with E-state index in [4.69, 9.17) is 14.6 Å². The molecule has 10 nitrogen and oxygen atoms in total. The molecule has 0 bridgehead atoms. The number of anilines is 1. The standard InChI is InChI=1S/C13H17N5O3.CH2O2/c19-8-11-12(20)10(6-7-21-11)14-13-15-16-17-18(13)9-4-2-1-3-5-9;2-1-3/h1-5,10-12,19-20H,6-8H2,(H,14,15,17);1H,(H,2,3)/t10-,11+,12-;/m0./s1. The molecular formula is C14H19N5O5. The molecule has 24 heavy (non-hydrogen) atoms. The molecule has 3 atom stereocenters. The minimum absolute atomic E-state index is 0.219. The molecule has 130 valence electrons. The number of rotatable bonds is 4. The first-order valence-corrected chi connectivity index (χ1v) is 7.30. The molecular weight excluding hydrogens is 318 g/mol. The van der Waals surface area contributed by atoms with Crippen molar-refractivity contribution in [2.75, 3.05) is 18.5 Å². The minimum atomic E-state index is -0.815. The Hall–Kier alpha value is -2.56. The molecule has 0 saturated carbocycles. The van der Waals surface area contributed by atoms with Gasteiger partial charge in [0.05, 0.1) is 18.3 Å². The SMILES string of the molecule is O=CO.OC[C@H]1OCC[C@H](Nc2nnnn2-c2ccccc2)[C@@H]1O. The Bertz CT molecular complexity index is 623. The summed E-state index contributed by atoms with van der Waals surface area (Å²) in [5.41, 5.74) is 0.824. The summed E-state index contributed by atoms with van der Waals surface area (Å²) >= 11 is 0. The number of nitrogens with one attached hydrogen (secondary N) is 1. The maximum atomic E-state index is 10.2. The number of carboxylic acid groups (broad SMARTS) is 1. The number of hydrogen-bond acceptors (Lipinski definition) is 8. The zero-order valence-electron chi connectivity index (χ0n) is 12.8. The van der Waals surface area contributed by atoms with Crippen LogP contribution in [0.5, 0.6) is 0 Å². The van der Waals surface area contributed by atoms with Crippen LogP contribution in [0.3, 0.4) is 0 Å². The first kappa shape index (κ1) is 17.8. The molecule has 0 aliphatic carbocycles. The van der Waals surface area contributed by atoms with Crippen molar-refractivity contribution in [2.24, 2.45) is 0 Å². The maximum absolute atomic E-state index is 10.2. The summed E-state index contributed by atoms with van der Waals surface area (Å²) in [4.78, 5) is 8.36. The average Bonchev–Trinajstić information content (AvgIpc) is 3.06. The summed E-state index contributed by atoms with van der Waals surface area (Å²) in [6.45, 7) is -0.00414. The van der Waals surface area contributed by atoms with Crippen molar-refractivity contribution in [1.29, 1.82) is 0 Å². The summed E-state index contributed by atoms with van der Waals surface area (Å²) in [6.07, 6.45) is -0.791. The number of aromatic nitrogens is 4. The number of tetrazole rings is 1. The zero-order chi connectivity index (χ0) is 17.4. The Morgan fingerprint density at radius 1 is 1.38 bits per heavy atom. The van der Waals surface area contributed by atoms with Gasteiger partial charge in [-0.15, -0.1) is 0 Å². The second-order valence-corrected chi connectivity index (χ2v) is 4.98. The number of aliphatic hydroxyl groups excluding tert-OH is 2. The van der Waals surface area contributed by atoms with E-state index in [1.54, 1.807) is 4.68 Å². The number of nitrogens with zero attached hydrogens (tertiary/aromatic N) is 4. The van der Waals surface area contributed by atoms with Gasteiger partial charge in [-0.2, -0.15) is 4.68 Å². The van der Waals surface area contributed by atoms with Gasteiger partial charge in [0.1, 0.15) is 12.2 Å². The van der Waals surface area contributed by atoms with E-state index >= 15 is 0 Å². The van der Waals surface area contributed by atoms with Crippen molar-refractivity contribution in [2.45, 2.75) is 24.7 Å². The van der Waals surface area contributed by atoms with E-state index < -0.39 is 12.2 Å². The molecule has 0 radical (unpaired) electrons. The highest BCUT2D eigenvalue weighted by atomic mass is 16.5. The molecule has 1 aromatic heterocycles. The molecule has 1 aliphatic rings. The van der Waals surface area contributed by atoms with Crippen molar-refractivity contribution < 1.29 is 24.9 Å². The Morgan fingerprint density at radius 3 is 2.75 bits per heavy atom. The summed E-state index contributed by atoms with van der Waals surface area (Å²) in [7, 11) is 0. The van der Waals surface area contributed by atoms with Crippen LogP contribution < -0.4 is 5.32 Å². The molecule has 2 aromatic rings. The molecule has 0 unspecified atom stereocenters. The second kappa shape index (κ2) is 8.91. The van der Waals surface area contributed by atoms with E-state index in [2.05, 4.69) is 20.8 Å². The van der Waals surface area contributed by atoms with Crippen molar-refractivity contribution in [3.8, 4) is 5.69 Å². The van der Waals surface area contributed by atoms with Crippen LogP contribution in [0.4, 0.5) is 5.95 Å². The lowest BCUT2D eigenvalue weighted by Crippen LogP contribution is -2.50. The van der Waals surface area contributed by atoms with Gasteiger partial charge in [-0.25, -0.2) is 0 Å². The highest BCUT2D eigenvalue weighted by molar-refractivity contribution is 5.39. The summed E-state index contributed by atoms with van der Waals surface area (Å²) in [5, 5.41) is 40.9. The third kappa shape index (κ3) is 4.25. The largest absolute Gasteiger partial charge is 0.483 e. The van der Waals surface area contributed by atoms with Gasteiger partial charge in [-0.1, -0.05) is 23.3 Å². The maximum Gasteiger partial charge on any atom is 0.290 e. The van der Waals surface area contributed by atoms with E-state index in [1.807, 2.05) is 30.3 Å². The fourth-order valence-corrected chi connectivity index (χ4v) is 2.38. The van der Waals surface area contributed by atoms with Crippen molar-refractivity contribution in [3.05, 3.63) is 30.3 Å². The fourth-order valence-electron chi connectivity index (χ4n) is 2.38. The van der Waals surface area contributed by atoms with E-state index in [1.165, 1.54) is 0 Å². The smallest absolute Gasteiger partial charge is 0.290 e.